The topological polar surface area (TPSA) is 94.8 Å². The van der Waals surface area contributed by atoms with Gasteiger partial charge < -0.3 is 10.1 Å². The molecule has 0 saturated carbocycles. The molecule has 0 bridgehead atoms. The minimum Gasteiger partial charge on any atom is -0.406 e. The van der Waals surface area contributed by atoms with Gasteiger partial charge in [0.2, 0.25) is 0 Å². The van der Waals surface area contributed by atoms with E-state index in [0.29, 0.717) is 16.5 Å². The first kappa shape index (κ1) is 24.2. The molecule has 12 heteroatoms. The SMILES string of the molecule is CC(NC(=O)c1nnn(-c2ccc(OC(F)(F)F)cc2)c1CSc1ncccn1)c1ccccc1. The minimum absolute atomic E-state index is 0.0897. The molecule has 35 heavy (non-hydrogen) atoms. The quantitative estimate of drug-likeness (QED) is 0.276. The zero-order chi connectivity index (χ0) is 24.8. The van der Waals surface area contributed by atoms with Crippen molar-refractivity contribution in [2.45, 2.75) is 30.2 Å². The van der Waals surface area contributed by atoms with Gasteiger partial charge in [0.15, 0.2) is 10.9 Å². The minimum atomic E-state index is -4.80. The van der Waals surface area contributed by atoms with E-state index in [0.717, 1.165) is 5.56 Å². The van der Waals surface area contributed by atoms with Crippen LogP contribution in [0.15, 0.2) is 78.2 Å². The van der Waals surface area contributed by atoms with Crippen molar-refractivity contribution in [3.63, 3.8) is 0 Å². The Morgan fingerprint density at radius 1 is 1.06 bits per heavy atom. The normalized spacial score (nSPS) is 12.2. The van der Waals surface area contributed by atoms with Crippen LogP contribution in [0, 0.1) is 0 Å². The van der Waals surface area contributed by atoms with Crippen LogP contribution in [0.1, 0.15) is 34.7 Å². The van der Waals surface area contributed by atoms with Crippen LogP contribution in [0.3, 0.4) is 0 Å². The molecule has 0 aliphatic heterocycles. The molecule has 0 radical (unpaired) electrons. The molecule has 2 heterocycles. The molecule has 8 nitrogen and oxygen atoms in total. The highest BCUT2D eigenvalue weighted by molar-refractivity contribution is 7.98. The third kappa shape index (κ3) is 6.35. The molecule has 1 amide bonds. The maximum absolute atomic E-state index is 13.1. The molecule has 1 atom stereocenters. The van der Waals surface area contributed by atoms with Crippen molar-refractivity contribution in [2.24, 2.45) is 0 Å². The number of amides is 1. The number of ether oxygens (including phenoxy) is 1. The third-order valence-electron chi connectivity index (χ3n) is 4.82. The van der Waals surface area contributed by atoms with Crippen LogP contribution in [-0.4, -0.2) is 37.2 Å². The number of aromatic nitrogens is 5. The van der Waals surface area contributed by atoms with E-state index in [1.54, 1.807) is 18.5 Å². The number of nitrogens with one attached hydrogen (secondary N) is 1. The Bertz CT molecular complexity index is 1270. The van der Waals surface area contributed by atoms with E-state index >= 15 is 0 Å². The van der Waals surface area contributed by atoms with E-state index in [2.05, 4.69) is 30.3 Å². The largest absolute Gasteiger partial charge is 0.573 e. The van der Waals surface area contributed by atoms with E-state index < -0.39 is 12.3 Å². The summed E-state index contributed by atoms with van der Waals surface area (Å²) >= 11 is 1.27. The number of alkyl halides is 3. The Hall–Kier alpha value is -3.93. The predicted octanol–water partition coefficient (Wildman–Crippen LogP) is 4.74. The molecule has 2 aromatic carbocycles. The molecule has 0 aliphatic rings. The average Bonchev–Trinajstić information content (AvgIpc) is 3.27. The number of halogens is 3. The van der Waals surface area contributed by atoms with Gasteiger partial charge in [-0.25, -0.2) is 14.6 Å². The number of rotatable bonds is 8. The van der Waals surface area contributed by atoms with Gasteiger partial charge in [0.05, 0.1) is 17.4 Å². The van der Waals surface area contributed by atoms with Crippen LogP contribution in [0.2, 0.25) is 0 Å². The van der Waals surface area contributed by atoms with Gasteiger partial charge in [-0.2, -0.15) is 0 Å². The summed E-state index contributed by atoms with van der Waals surface area (Å²) in [6.07, 6.45) is -1.61. The van der Waals surface area contributed by atoms with Crippen LogP contribution < -0.4 is 10.1 Å². The summed E-state index contributed by atoms with van der Waals surface area (Å²) in [7, 11) is 0. The second-order valence-corrected chi connectivity index (χ2v) is 8.21. The van der Waals surface area contributed by atoms with Crippen LogP contribution in [-0.2, 0) is 5.75 Å². The standard InChI is InChI=1S/C23H19F3N6O2S/c1-15(16-6-3-2-4-7-16)29-21(33)20-19(14-35-22-27-12-5-13-28-22)32(31-30-20)17-8-10-18(11-9-17)34-23(24,25)26/h2-13,15H,14H2,1H3,(H,29,33). The van der Waals surface area contributed by atoms with Gasteiger partial charge in [-0.15, -0.1) is 18.3 Å². The first-order valence-electron chi connectivity index (χ1n) is 10.4. The molecule has 1 N–H and O–H groups in total. The van der Waals surface area contributed by atoms with Crippen LogP contribution in [0.25, 0.3) is 5.69 Å². The summed E-state index contributed by atoms with van der Waals surface area (Å²) in [4.78, 5) is 21.4. The number of nitrogens with zero attached hydrogens (tertiary/aromatic N) is 5. The van der Waals surface area contributed by atoms with Gasteiger partial charge in [-0.1, -0.05) is 47.3 Å². The second kappa shape index (κ2) is 10.6. The molecule has 0 saturated heterocycles. The number of benzene rings is 2. The predicted molar refractivity (Wildman–Crippen MR) is 122 cm³/mol. The Morgan fingerprint density at radius 3 is 2.40 bits per heavy atom. The van der Waals surface area contributed by atoms with Gasteiger partial charge in [0, 0.05) is 18.1 Å². The highest BCUT2D eigenvalue weighted by Gasteiger charge is 2.31. The summed E-state index contributed by atoms with van der Waals surface area (Å²) in [6, 6.07) is 16.0. The van der Waals surface area contributed by atoms with Crippen molar-refractivity contribution in [1.82, 2.24) is 30.3 Å². The van der Waals surface area contributed by atoms with Crippen molar-refractivity contribution in [3.05, 3.63) is 90.0 Å². The first-order valence-corrected chi connectivity index (χ1v) is 11.3. The first-order chi connectivity index (χ1) is 16.8. The lowest BCUT2D eigenvalue weighted by Crippen LogP contribution is -2.28. The highest BCUT2D eigenvalue weighted by atomic mass is 32.2. The monoisotopic (exact) mass is 500 g/mol. The van der Waals surface area contributed by atoms with Crippen LogP contribution in [0.5, 0.6) is 5.75 Å². The van der Waals surface area contributed by atoms with Gasteiger partial charge in [0.1, 0.15) is 5.75 Å². The van der Waals surface area contributed by atoms with Crippen LogP contribution >= 0.6 is 11.8 Å². The van der Waals surface area contributed by atoms with Crippen LogP contribution in [0.4, 0.5) is 13.2 Å². The Labute approximate surface area is 202 Å². The van der Waals surface area contributed by atoms with Crippen molar-refractivity contribution < 1.29 is 22.7 Å². The second-order valence-electron chi connectivity index (χ2n) is 7.26. The lowest BCUT2D eigenvalue weighted by molar-refractivity contribution is -0.274. The van der Waals surface area contributed by atoms with E-state index in [-0.39, 0.29) is 23.2 Å². The molecule has 4 rings (SSSR count). The summed E-state index contributed by atoms with van der Waals surface area (Å²) in [6.45, 7) is 1.85. The summed E-state index contributed by atoms with van der Waals surface area (Å²) in [5.41, 5.74) is 1.85. The molecule has 2 aromatic heterocycles. The van der Waals surface area contributed by atoms with Gasteiger partial charge >= 0.3 is 6.36 Å². The number of thioether (sulfide) groups is 1. The molecule has 0 aliphatic carbocycles. The molecule has 180 valence electrons. The van der Waals surface area contributed by atoms with Crippen molar-refractivity contribution in [3.8, 4) is 11.4 Å². The molecular formula is C23H19F3N6O2S. The Kier molecular flexibility index (Phi) is 7.30. The maximum Gasteiger partial charge on any atom is 0.573 e. The smallest absolute Gasteiger partial charge is 0.406 e. The molecule has 4 aromatic rings. The highest BCUT2D eigenvalue weighted by Crippen LogP contribution is 2.26. The van der Waals surface area contributed by atoms with Gasteiger partial charge in [-0.05, 0) is 42.8 Å². The van der Waals surface area contributed by atoms with E-state index in [4.69, 9.17) is 0 Å². The summed E-state index contributed by atoms with van der Waals surface area (Å²) in [5, 5.41) is 11.6. The molecule has 1 unspecified atom stereocenters. The lowest BCUT2D eigenvalue weighted by Gasteiger charge is -2.14. The third-order valence-corrected chi connectivity index (χ3v) is 5.71. The number of carbonyl (C=O) groups is 1. The maximum atomic E-state index is 13.1. The molecule has 0 fully saturated rings. The zero-order valence-electron chi connectivity index (χ0n) is 18.3. The Morgan fingerprint density at radius 2 is 1.74 bits per heavy atom. The fourth-order valence-corrected chi connectivity index (χ4v) is 3.98. The molecule has 0 spiro atoms. The summed E-state index contributed by atoms with van der Waals surface area (Å²) < 4.78 is 42.8. The average molecular weight is 501 g/mol. The number of carbonyl (C=O) groups excluding carboxylic acids is 1. The fraction of sp³-hybridized carbons (Fsp3) is 0.174. The molecular weight excluding hydrogens is 481 g/mol. The van der Waals surface area contributed by atoms with E-state index in [9.17, 15) is 18.0 Å². The zero-order valence-corrected chi connectivity index (χ0v) is 19.1. The summed E-state index contributed by atoms with van der Waals surface area (Å²) in [5.74, 6) is -0.570. The van der Waals surface area contributed by atoms with E-state index in [1.165, 1.54) is 40.7 Å². The fourth-order valence-electron chi connectivity index (χ4n) is 3.19. The number of hydrogen-bond acceptors (Lipinski definition) is 7. The van der Waals surface area contributed by atoms with Crippen molar-refractivity contribution >= 4 is 17.7 Å². The van der Waals surface area contributed by atoms with E-state index in [1.807, 2.05) is 37.3 Å². The van der Waals surface area contributed by atoms with Gasteiger partial charge in [0.25, 0.3) is 5.91 Å². The van der Waals surface area contributed by atoms with Gasteiger partial charge in [-0.3, -0.25) is 4.79 Å². The lowest BCUT2D eigenvalue weighted by atomic mass is 10.1. The number of hydrogen-bond donors (Lipinski definition) is 1. The van der Waals surface area contributed by atoms with Crippen molar-refractivity contribution in [2.75, 3.05) is 0 Å². The Balaban J connectivity index is 1.61. The van der Waals surface area contributed by atoms with Crippen molar-refractivity contribution in [1.29, 1.82) is 0 Å².